The maximum Gasteiger partial charge on any atom is 0.419 e. The van der Waals surface area contributed by atoms with Gasteiger partial charge in [0.15, 0.2) is 0 Å². The zero-order chi connectivity index (χ0) is 14.9. The van der Waals surface area contributed by atoms with Gasteiger partial charge in [0.2, 0.25) is 0 Å². The third-order valence-electron chi connectivity index (χ3n) is 2.97. The molecule has 0 fully saturated rings. The average molecular weight is 368 g/mol. The van der Waals surface area contributed by atoms with E-state index in [0.29, 0.717) is 6.42 Å². The van der Waals surface area contributed by atoms with Gasteiger partial charge in [-0.2, -0.15) is 18.3 Å². The average Bonchev–Trinajstić information content (AvgIpc) is 2.98. The van der Waals surface area contributed by atoms with E-state index < -0.39 is 17.8 Å². The van der Waals surface area contributed by atoms with Crippen molar-refractivity contribution < 1.29 is 13.2 Å². The molecular weight excluding hydrogens is 355 g/mol. The standard InChI is InChI=1S/C12H13BrF3N3S/c1-2-9(17)11(10-3-8(13)6-20-10)19-5-7(4-18-19)12(14,15)16/h3-6,9,11H,2,17H2,1H3. The van der Waals surface area contributed by atoms with E-state index in [9.17, 15) is 13.2 Å². The van der Waals surface area contributed by atoms with Crippen LogP contribution in [0.25, 0.3) is 0 Å². The van der Waals surface area contributed by atoms with Crippen LogP contribution in [-0.4, -0.2) is 15.8 Å². The van der Waals surface area contributed by atoms with Gasteiger partial charge >= 0.3 is 6.18 Å². The number of rotatable bonds is 4. The monoisotopic (exact) mass is 367 g/mol. The first-order chi connectivity index (χ1) is 9.32. The van der Waals surface area contributed by atoms with Crippen molar-refractivity contribution >= 4 is 27.3 Å². The second kappa shape index (κ2) is 5.87. The van der Waals surface area contributed by atoms with E-state index in [1.807, 2.05) is 18.4 Å². The lowest BCUT2D eigenvalue weighted by molar-refractivity contribution is -0.137. The highest BCUT2D eigenvalue weighted by Gasteiger charge is 2.33. The first kappa shape index (κ1) is 15.5. The molecule has 0 saturated carbocycles. The molecule has 0 aromatic carbocycles. The lowest BCUT2D eigenvalue weighted by Crippen LogP contribution is -2.32. The summed E-state index contributed by atoms with van der Waals surface area (Å²) >= 11 is 4.78. The molecule has 0 radical (unpaired) electrons. The molecule has 3 nitrogen and oxygen atoms in total. The van der Waals surface area contributed by atoms with Gasteiger partial charge in [-0.3, -0.25) is 4.68 Å². The normalized spacial score (nSPS) is 15.3. The van der Waals surface area contributed by atoms with Gasteiger partial charge in [-0.1, -0.05) is 6.92 Å². The number of hydrogen-bond donors (Lipinski definition) is 1. The second-order valence-electron chi connectivity index (χ2n) is 4.39. The minimum atomic E-state index is -4.39. The topological polar surface area (TPSA) is 43.8 Å². The second-order valence-corrected chi connectivity index (χ2v) is 6.25. The number of halogens is 4. The molecule has 0 bridgehead atoms. The Kier molecular flexibility index (Phi) is 4.55. The molecule has 2 heterocycles. The summed E-state index contributed by atoms with van der Waals surface area (Å²) in [6.07, 6.45) is -1.91. The van der Waals surface area contributed by atoms with Crippen LogP contribution in [0, 0.1) is 0 Å². The van der Waals surface area contributed by atoms with Gasteiger partial charge in [-0.15, -0.1) is 11.3 Å². The summed E-state index contributed by atoms with van der Waals surface area (Å²) in [7, 11) is 0. The molecule has 110 valence electrons. The molecule has 2 unspecified atom stereocenters. The van der Waals surface area contributed by atoms with E-state index in [1.165, 1.54) is 16.0 Å². The van der Waals surface area contributed by atoms with Crippen molar-refractivity contribution in [2.45, 2.75) is 31.6 Å². The quantitative estimate of drug-likeness (QED) is 0.885. The fourth-order valence-corrected chi connectivity index (χ4v) is 3.49. The van der Waals surface area contributed by atoms with Crippen molar-refractivity contribution in [3.8, 4) is 0 Å². The summed E-state index contributed by atoms with van der Waals surface area (Å²) in [5.74, 6) is 0. The summed E-state index contributed by atoms with van der Waals surface area (Å²) in [4.78, 5) is 0.878. The molecule has 0 aliphatic heterocycles. The molecule has 0 aliphatic carbocycles. The van der Waals surface area contributed by atoms with Gasteiger partial charge in [-0.05, 0) is 28.4 Å². The first-order valence-electron chi connectivity index (χ1n) is 5.93. The summed E-state index contributed by atoms with van der Waals surface area (Å²) in [5, 5.41) is 5.72. The number of nitrogens with two attached hydrogens (primary N) is 1. The van der Waals surface area contributed by atoms with Crippen LogP contribution in [0.15, 0.2) is 28.3 Å². The van der Waals surface area contributed by atoms with Crippen LogP contribution in [0.1, 0.15) is 29.8 Å². The van der Waals surface area contributed by atoms with Gasteiger partial charge in [0.25, 0.3) is 0 Å². The smallest absolute Gasteiger partial charge is 0.326 e. The Balaban J connectivity index is 2.39. The van der Waals surface area contributed by atoms with Crippen molar-refractivity contribution in [3.63, 3.8) is 0 Å². The van der Waals surface area contributed by atoms with Crippen LogP contribution in [-0.2, 0) is 6.18 Å². The molecule has 0 aliphatic rings. The summed E-state index contributed by atoms with van der Waals surface area (Å²) in [6, 6.07) is 1.16. The number of alkyl halides is 3. The molecule has 20 heavy (non-hydrogen) atoms. The highest BCUT2D eigenvalue weighted by Crippen LogP contribution is 2.33. The largest absolute Gasteiger partial charge is 0.419 e. The molecule has 8 heteroatoms. The van der Waals surface area contributed by atoms with Gasteiger partial charge in [0.1, 0.15) is 6.04 Å². The predicted octanol–water partition coefficient (Wildman–Crippen LogP) is 4.05. The van der Waals surface area contributed by atoms with Crippen molar-refractivity contribution in [2.24, 2.45) is 5.73 Å². The highest BCUT2D eigenvalue weighted by molar-refractivity contribution is 9.10. The Bertz CT molecular complexity index is 579. The van der Waals surface area contributed by atoms with Crippen molar-refractivity contribution in [1.82, 2.24) is 9.78 Å². The van der Waals surface area contributed by atoms with Crippen LogP contribution < -0.4 is 5.73 Å². The lowest BCUT2D eigenvalue weighted by atomic mass is 10.1. The summed E-state index contributed by atoms with van der Waals surface area (Å²) in [5.41, 5.74) is 5.30. The molecule has 2 N–H and O–H groups in total. The maximum atomic E-state index is 12.7. The fraction of sp³-hybridized carbons (Fsp3) is 0.417. The highest BCUT2D eigenvalue weighted by atomic mass is 79.9. The maximum absolute atomic E-state index is 12.7. The molecule has 2 rings (SSSR count). The van der Waals surface area contributed by atoms with Gasteiger partial charge in [-0.25, -0.2) is 0 Å². The zero-order valence-corrected chi connectivity index (χ0v) is 13.0. The Hall–Kier alpha value is -0.860. The van der Waals surface area contributed by atoms with Crippen LogP contribution in [0.3, 0.4) is 0 Å². The van der Waals surface area contributed by atoms with Crippen molar-refractivity contribution in [1.29, 1.82) is 0 Å². The fourth-order valence-electron chi connectivity index (χ4n) is 1.88. The Morgan fingerprint density at radius 1 is 1.50 bits per heavy atom. The van der Waals surface area contributed by atoms with Crippen molar-refractivity contribution in [3.05, 3.63) is 38.8 Å². The molecule has 0 spiro atoms. The van der Waals surface area contributed by atoms with Crippen LogP contribution >= 0.6 is 27.3 Å². The first-order valence-corrected chi connectivity index (χ1v) is 7.61. The lowest BCUT2D eigenvalue weighted by Gasteiger charge is -2.22. The molecule has 2 atom stereocenters. The Morgan fingerprint density at radius 2 is 2.20 bits per heavy atom. The zero-order valence-electron chi connectivity index (χ0n) is 10.6. The number of thiophene rings is 1. The molecular formula is C12H13BrF3N3S. The molecule has 0 amide bonds. The Morgan fingerprint density at radius 3 is 2.65 bits per heavy atom. The van der Waals surface area contributed by atoms with Crippen LogP contribution in [0.4, 0.5) is 13.2 Å². The van der Waals surface area contributed by atoms with Crippen LogP contribution in [0.5, 0.6) is 0 Å². The van der Waals surface area contributed by atoms with Gasteiger partial charge < -0.3 is 5.73 Å². The predicted molar refractivity (Wildman–Crippen MR) is 75.7 cm³/mol. The SMILES string of the molecule is CCC(N)C(c1cc(Br)cs1)n1cc(C(F)(F)F)cn1. The van der Waals surface area contributed by atoms with Crippen molar-refractivity contribution in [2.75, 3.05) is 0 Å². The van der Waals surface area contributed by atoms with E-state index in [4.69, 9.17) is 5.73 Å². The third kappa shape index (κ3) is 3.24. The van der Waals surface area contributed by atoms with Gasteiger partial charge in [0.05, 0.1) is 11.8 Å². The van der Waals surface area contributed by atoms with E-state index in [-0.39, 0.29) is 6.04 Å². The number of hydrogen-bond acceptors (Lipinski definition) is 3. The third-order valence-corrected chi connectivity index (χ3v) is 4.73. The number of nitrogens with zero attached hydrogens (tertiary/aromatic N) is 2. The minimum Gasteiger partial charge on any atom is -0.326 e. The van der Waals surface area contributed by atoms with E-state index in [0.717, 1.165) is 21.7 Å². The summed E-state index contributed by atoms with van der Waals surface area (Å²) < 4.78 is 40.2. The van der Waals surface area contributed by atoms with E-state index in [1.54, 1.807) is 0 Å². The Labute approximate surface area is 126 Å². The molecule has 0 saturated heterocycles. The molecule has 2 aromatic rings. The molecule has 2 aromatic heterocycles. The minimum absolute atomic E-state index is 0.304. The van der Waals surface area contributed by atoms with E-state index >= 15 is 0 Å². The number of aromatic nitrogens is 2. The van der Waals surface area contributed by atoms with E-state index in [2.05, 4.69) is 21.0 Å². The summed E-state index contributed by atoms with van der Waals surface area (Å²) in [6.45, 7) is 1.90. The van der Waals surface area contributed by atoms with Gasteiger partial charge in [0, 0.05) is 27.0 Å². The van der Waals surface area contributed by atoms with Crippen LogP contribution in [0.2, 0.25) is 0 Å².